The van der Waals surface area contributed by atoms with Crippen LogP contribution in [0.4, 0.5) is 5.69 Å². The van der Waals surface area contributed by atoms with Crippen LogP contribution >= 0.6 is 0 Å². The fourth-order valence-corrected chi connectivity index (χ4v) is 4.26. The van der Waals surface area contributed by atoms with Crippen LogP contribution in [-0.4, -0.2) is 33.0 Å². The third-order valence-electron chi connectivity index (χ3n) is 6.27. The zero-order chi connectivity index (χ0) is 23.5. The van der Waals surface area contributed by atoms with Crippen LogP contribution in [0.2, 0.25) is 0 Å². The molecule has 0 aromatic carbocycles. The van der Waals surface area contributed by atoms with E-state index in [9.17, 15) is 4.79 Å². The number of aromatic amines is 1. The van der Waals surface area contributed by atoms with Gasteiger partial charge in [-0.15, -0.1) is 0 Å². The number of aryl methyl sites for hydroxylation is 1. The maximum Gasteiger partial charge on any atom is 0.247 e. The first-order valence-corrected chi connectivity index (χ1v) is 11.5. The maximum atomic E-state index is 11.7. The fraction of sp³-hybridized carbons (Fsp3) is 0.259. The number of amides is 1. The highest BCUT2D eigenvalue weighted by Gasteiger charge is 2.21. The topological polar surface area (TPSA) is 92.8 Å². The first-order chi connectivity index (χ1) is 16.6. The van der Waals surface area contributed by atoms with Crippen molar-refractivity contribution in [3.8, 4) is 28.1 Å². The molecule has 0 unspecified atom stereocenters. The molecule has 4 aromatic rings. The Hall–Kier alpha value is -4.00. The van der Waals surface area contributed by atoms with E-state index in [-0.39, 0.29) is 5.91 Å². The van der Waals surface area contributed by atoms with E-state index < -0.39 is 0 Å². The van der Waals surface area contributed by atoms with Gasteiger partial charge >= 0.3 is 0 Å². The number of nitrogens with one attached hydrogen (secondary N) is 2. The molecule has 1 amide bonds. The number of fused-ring (bicyclic) bond motifs is 1. The number of pyridine rings is 3. The fourth-order valence-electron chi connectivity index (χ4n) is 4.26. The molecule has 172 valence electrons. The number of hydrogen-bond donors (Lipinski definition) is 2. The SMILES string of the molecule is C=CC(=O)Nc1cncc(-c2cnc3[nH]cc(-c4cc(OC)ncc4CCCC4CC4)c3c2)c1. The van der Waals surface area contributed by atoms with Crippen molar-refractivity contribution >= 4 is 22.6 Å². The van der Waals surface area contributed by atoms with E-state index >= 15 is 0 Å². The van der Waals surface area contributed by atoms with E-state index in [2.05, 4.69) is 37.9 Å². The molecule has 4 aromatic heterocycles. The minimum absolute atomic E-state index is 0.277. The van der Waals surface area contributed by atoms with Gasteiger partial charge in [0.05, 0.1) is 19.0 Å². The zero-order valence-electron chi connectivity index (χ0n) is 19.2. The van der Waals surface area contributed by atoms with Gasteiger partial charge in [-0.3, -0.25) is 9.78 Å². The number of carbonyl (C=O) groups is 1. The predicted molar refractivity (Wildman–Crippen MR) is 134 cm³/mol. The second-order valence-corrected chi connectivity index (χ2v) is 8.70. The lowest BCUT2D eigenvalue weighted by Gasteiger charge is -2.11. The van der Waals surface area contributed by atoms with Gasteiger partial charge < -0.3 is 15.0 Å². The van der Waals surface area contributed by atoms with E-state index in [0.29, 0.717) is 11.6 Å². The minimum Gasteiger partial charge on any atom is -0.481 e. The van der Waals surface area contributed by atoms with E-state index in [4.69, 9.17) is 4.74 Å². The van der Waals surface area contributed by atoms with Crippen molar-refractivity contribution < 1.29 is 9.53 Å². The average molecular weight is 454 g/mol. The molecule has 5 rings (SSSR count). The molecule has 34 heavy (non-hydrogen) atoms. The number of methoxy groups -OCH3 is 1. The number of ether oxygens (including phenoxy) is 1. The second kappa shape index (κ2) is 9.47. The molecule has 1 saturated carbocycles. The summed E-state index contributed by atoms with van der Waals surface area (Å²) in [5.74, 6) is 1.23. The van der Waals surface area contributed by atoms with Gasteiger partial charge in [0.2, 0.25) is 11.8 Å². The Morgan fingerprint density at radius 1 is 1.15 bits per heavy atom. The third kappa shape index (κ3) is 4.69. The van der Waals surface area contributed by atoms with Gasteiger partial charge in [0, 0.05) is 52.9 Å². The van der Waals surface area contributed by atoms with Gasteiger partial charge in [0.1, 0.15) is 5.65 Å². The molecule has 0 spiro atoms. The molecule has 1 aliphatic rings. The molecule has 1 aliphatic carbocycles. The van der Waals surface area contributed by atoms with Crippen molar-refractivity contribution in [2.24, 2.45) is 5.92 Å². The molecule has 7 heteroatoms. The molecule has 0 radical (unpaired) electrons. The lowest BCUT2D eigenvalue weighted by Crippen LogP contribution is -2.07. The van der Waals surface area contributed by atoms with Crippen molar-refractivity contribution in [3.05, 3.63) is 67.4 Å². The average Bonchev–Trinajstić information content (AvgIpc) is 3.60. The van der Waals surface area contributed by atoms with Crippen molar-refractivity contribution in [2.75, 3.05) is 12.4 Å². The minimum atomic E-state index is -0.277. The molecule has 4 heterocycles. The van der Waals surface area contributed by atoms with Crippen LogP contribution in [0.25, 0.3) is 33.3 Å². The van der Waals surface area contributed by atoms with E-state index in [1.807, 2.05) is 30.7 Å². The van der Waals surface area contributed by atoms with Gasteiger partial charge in [-0.25, -0.2) is 9.97 Å². The third-order valence-corrected chi connectivity index (χ3v) is 6.27. The van der Waals surface area contributed by atoms with Gasteiger partial charge in [-0.2, -0.15) is 0 Å². The van der Waals surface area contributed by atoms with Gasteiger partial charge in [0.25, 0.3) is 0 Å². The molecule has 2 N–H and O–H groups in total. The monoisotopic (exact) mass is 453 g/mol. The molecular formula is C27H27N5O2. The summed E-state index contributed by atoms with van der Waals surface area (Å²) in [5.41, 5.74) is 6.57. The number of hydrogen-bond acceptors (Lipinski definition) is 5. The largest absolute Gasteiger partial charge is 0.481 e. The summed E-state index contributed by atoms with van der Waals surface area (Å²) in [6.45, 7) is 3.49. The molecule has 0 aliphatic heterocycles. The van der Waals surface area contributed by atoms with Gasteiger partial charge in [-0.05, 0) is 48.1 Å². The van der Waals surface area contributed by atoms with E-state index in [0.717, 1.165) is 52.0 Å². The highest BCUT2D eigenvalue weighted by molar-refractivity contribution is 5.99. The number of anilines is 1. The highest BCUT2D eigenvalue weighted by atomic mass is 16.5. The lowest BCUT2D eigenvalue weighted by atomic mass is 9.96. The number of carbonyl (C=O) groups excluding carboxylic acids is 1. The summed E-state index contributed by atoms with van der Waals surface area (Å²) in [7, 11) is 1.64. The molecule has 0 atom stereocenters. The van der Waals surface area contributed by atoms with Gasteiger partial charge in [0.15, 0.2) is 0 Å². The van der Waals surface area contributed by atoms with Crippen LogP contribution in [0, 0.1) is 5.92 Å². The van der Waals surface area contributed by atoms with Crippen LogP contribution in [0.3, 0.4) is 0 Å². The maximum absolute atomic E-state index is 11.7. The van der Waals surface area contributed by atoms with Crippen molar-refractivity contribution in [3.63, 3.8) is 0 Å². The molecular weight excluding hydrogens is 426 g/mol. The Bertz CT molecular complexity index is 1360. The summed E-state index contributed by atoms with van der Waals surface area (Å²) in [6, 6.07) is 5.99. The zero-order valence-corrected chi connectivity index (χ0v) is 19.2. The van der Waals surface area contributed by atoms with Crippen molar-refractivity contribution in [1.29, 1.82) is 0 Å². The van der Waals surface area contributed by atoms with E-state index in [1.54, 1.807) is 19.5 Å². The Balaban J connectivity index is 1.52. The summed E-state index contributed by atoms with van der Waals surface area (Å²) >= 11 is 0. The number of nitrogens with zero attached hydrogens (tertiary/aromatic N) is 3. The first kappa shape index (κ1) is 21.8. The van der Waals surface area contributed by atoms with Crippen LogP contribution in [0.15, 0.2) is 61.8 Å². The van der Waals surface area contributed by atoms with Crippen LogP contribution in [-0.2, 0) is 11.2 Å². The molecule has 1 fully saturated rings. The summed E-state index contributed by atoms with van der Waals surface area (Å²) in [6.07, 6.45) is 16.5. The standard InChI is InChI=1S/C27H27N5O2/c1-3-25(33)32-21-9-19(12-28-15-21)20-10-23-24(16-31-27(23)30-14-20)22-11-26(34-2)29-13-18(22)6-4-5-17-7-8-17/h3,9-17H,1,4-8H2,2H3,(H,30,31)(H,32,33). The number of rotatable bonds is 9. The smallest absolute Gasteiger partial charge is 0.247 e. The van der Waals surface area contributed by atoms with Crippen molar-refractivity contribution in [2.45, 2.75) is 32.1 Å². The Labute approximate surface area is 198 Å². The second-order valence-electron chi connectivity index (χ2n) is 8.70. The summed E-state index contributed by atoms with van der Waals surface area (Å²) < 4.78 is 5.43. The number of aromatic nitrogens is 4. The summed E-state index contributed by atoms with van der Waals surface area (Å²) in [5, 5.41) is 3.77. The Morgan fingerprint density at radius 3 is 2.79 bits per heavy atom. The molecule has 0 bridgehead atoms. The predicted octanol–water partition coefficient (Wildman–Crippen LogP) is 5.55. The Morgan fingerprint density at radius 2 is 2.00 bits per heavy atom. The van der Waals surface area contributed by atoms with E-state index in [1.165, 1.54) is 30.9 Å². The van der Waals surface area contributed by atoms with Gasteiger partial charge in [-0.1, -0.05) is 25.8 Å². The van der Waals surface area contributed by atoms with Crippen LogP contribution < -0.4 is 10.1 Å². The van der Waals surface area contributed by atoms with Crippen LogP contribution in [0.1, 0.15) is 31.2 Å². The normalized spacial score (nSPS) is 13.1. The molecule has 0 saturated heterocycles. The van der Waals surface area contributed by atoms with Crippen molar-refractivity contribution in [1.82, 2.24) is 19.9 Å². The number of H-pyrrole nitrogens is 1. The summed E-state index contributed by atoms with van der Waals surface area (Å²) in [4.78, 5) is 28.4. The first-order valence-electron chi connectivity index (χ1n) is 11.5. The highest BCUT2D eigenvalue weighted by Crippen LogP contribution is 2.37. The quantitative estimate of drug-likeness (QED) is 0.324. The molecule has 7 nitrogen and oxygen atoms in total. The van der Waals surface area contributed by atoms with Crippen LogP contribution in [0.5, 0.6) is 5.88 Å². The Kier molecular flexibility index (Phi) is 6.08. The lowest BCUT2D eigenvalue weighted by molar-refractivity contribution is -0.111.